The van der Waals surface area contributed by atoms with Crippen molar-refractivity contribution in [3.05, 3.63) is 109 Å². The Morgan fingerprint density at radius 3 is 0.971 bits per heavy atom. The standard InChI is InChI=1S/C62H102O6/c1-4-7-10-13-16-19-22-25-27-28-29-30-31-32-33-34-36-37-40-43-46-49-52-55-61(64)67-58-59(57-66-60(63)54-51-48-45-42-39-24-21-18-15-12-9-6-3)68-62(65)56-53-50-47-44-41-38-35-26-23-20-17-14-11-8-5-2/h7-8,10-11,16-17,19-20,25-27,29-30,35,41,44,50,53,59H,4-6,9,12-15,18,21-24,28,31-34,36-40,42-43,45-49,51-52,54-58H2,1-3H3/b10-7-,11-8-,19-16-,20-17-,27-25-,30-29-,35-26-,44-41-,53-50-. The lowest BCUT2D eigenvalue weighted by atomic mass is 10.0. The number of unbranched alkanes of at least 4 members (excludes halogenated alkanes) is 21. The summed E-state index contributed by atoms with van der Waals surface area (Å²) in [6.45, 7) is 6.32. The predicted molar refractivity (Wildman–Crippen MR) is 293 cm³/mol. The molecule has 0 aromatic heterocycles. The van der Waals surface area contributed by atoms with Crippen LogP contribution in [0.15, 0.2) is 109 Å². The van der Waals surface area contributed by atoms with E-state index in [1.165, 1.54) is 109 Å². The Morgan fingerprint density at radius 1 is 0.324 bits per heavy atom. The number of esters is 3. The van der Waals surface area contributed by atoms with Gasteiger partial charge in [0.15, 0.2) is 6.10 Å². The molecule has 1 atom stereocenters. The summed E-state index contributed by atoms with van der Waals surface area (Å²) < 4.78 is 16.7. The van der Waals surface area contributed by atoms with E-state index in [4.69, 9.17) is 14.2 Å². The first-order valence-electron chi connectivity index (χ1n) is 27.9. The van der Waals surface area contributed by atoms with Crippen LogP contribution in [-0.2, 0) is 28.6 Å². The van der Waals surface area contributed by atoms with Crippen LogP contribution in [0.3, 0.4) is 0 Å². The molecule has 0 aliphatic rings. The van der Waals surface area contributed by atoms with Gasteiger partial charge in [0.25, 0.3) is 0 Å². The fourth-order valence-corrected chi connectivity index (χ4v) is 7.45. The van der Waals surface area contributed by atoms with Crippen LogP contribution in [0, 0.1) is 0 Å². The Bertz CT molecular complexity index is 1410. The first kappa shape index (κ1) is 64.1. The third-order valence-electron chi connectivity index (χ3n) is 11.6. The monoisotopic (exact) mass is 943 g/mol. The van der Waals surface area contributed by atoms with E-state index >= 15 is 0 Å². The number of hydrogen-bond acceptors (Lipinski definition) is 6. The largest absolute Gasteiger partial charge is 0.462 e. The molecule has 0 rings (SSSR count). The lowest BCUT2D eigenvalue weighted by Gasteiger charge is -2.18. The molecule has 0 aliphatic heterocycles. The van der Waals surface area contributed by atoms with E-state index in [0.717, 1.165) is 96.3 Å². The van der Waals surface area contributed by atoms with Crippen LogP contribution in [0.1, 0.15) is 245 Å². The van der Waals surface area contributed by atoms with Gasteiger partial charge in [-0.3, -0.25) is 14.4 Å². The van der Waals surface area contributed by atoms with Crippen LogP contribution in [0.2, 0.25) is 0 Å². The molecule has 0 saturated carbocycles. The molecule has 1 unspecified atom stereocenters. The molecule has 0 N–H and O–H groups in total. The Balaban J connectivity index is 4.41. The quantitative estimate of drug-likeness (QED) is 0.0262. The summed E-state index contributed by atoms with van der Waals surface area (Å²) in [6, 6.07) is 0. The van der Waals surface area contributed by atoms with E-state index in [-0.39, 0.29) is 31.6 Å². The van der Waals surface area contributed by atoms with Crippen LogP contribution in [0.5, 0.6) is 0 Å². The summed E-state index contributed by atoms with van der Waals surface area (Å²) in [5.41, 5.74) is 0. The van der Waals surface area contributed by atoms with Gasteiger partial charge in [0.1, 0.15) is 13.2 Å². The average Bonchev–Trinajstić information content (AvgIpc) is 3.34. The maximum Gasteiger partial charge on any atom is 0.310 e. The zero-order chi connectivity index (χ0) is 49.3. The number of hydrogen-bond donors (Lipinski definition) is 0. The molecule has 6 heteroatoms. The molecule has 0 aromatic rings. The van der Waals surface area contributed by atoms with Crippen molar-refractivity contribution >= 4 is 17.9 Å². The van der Waals surface area contributed by atoms with E-state index in [1.54, 1.807) is 6.08 Å². The Morgan fingerprint density at radius 2 is 0.618 bits per heavy atom. The van der Waals surface area contributed by atoms with Gasteiger partial charge in [-0.25, -0.2) is 0 Å². The maximum atomic E-state index is 12.8. The second-order valence-electron chi connectivity index (χ2n) is 18.1. The van der Waals surface area contributed by atoms with Gasteiger partial charge in [-0.1, -0.05) is 252 Å². The molecule has 0 fully saturated rings. The first-order valence-corrected chi connectivity index (χ1v) is 27.9. The molecule has 0 radical (unpaired) electrons. The van der Waals surface area contributed by atoms with Crippen LogP contribution >= 0.6 is 0 Å². The second-order valence-corrected chi connectivity index (χ2v) is 18.1. The predicted octanol–water partition coefficient (Wildman–Crippen LogP) is 18.7. The topological polar surface area (TPSA) is 78.9 Å². The molecule has 0 saturated heterocycles. The minimum Gasteiger partial charge on any atom is -0.462 e. The summed E-state index contributed by atoms with van der Waals surface area (Å²) in [7, 11) is 0. The minimum absolute atomic E-state index is 0.0947. The molecular formula is C62H102O6. The fraction of sp³-hybridized carbons (Fsp3) is 0.661. The van der Waals surface area contributed by atoms with Crippen molar-refractivity contribution < 1.29 is 28.6 Å². The molecule has 0 aromatic carbocycles. The van der Waals surface area contributed by atoms with E-state index in [0.29, 0.717) is 12.8 Å². The third kappa shape index (κ3) is 53.0. The molecule has 0 spiro atoms. The van der Waals surface area contributed by atoms with Gasteiger partial charge in [0, 0.05) is 12.8 Å². The Kier molecular flexibility index (Phi) is 52.4. The van der Waals surface area contributed by atoms with Crippen LogP contribution < -0.4 is 0 Å². The number of carbonyl (C=O) groups is 3. The van der Waals surface area contributed by atoms with Gasteiger partial charge >= 0.3 is 17.9 Å². The summed E-state index contributed by atoms with van der Waals surface area (Å²) in [5.74, 6) is -1.05. The molecule has 6 nitrogen and oxygen atoms in total. The van der Waals surface area contributed by atoms with Gasteiger partial charge in [0.05, 0.1) is 6.42 Å². The highest BCUT2D eigenvalue weighted by Gasteiger charge is 2.19. The molecule has 0 amide bonds. The van der Waals surface area contributed by atoms with Gasteiger partial charge in [-0.05, 0) is 83.5 Å². The van der Waals surface area contributed by atoms with Crippen molar-refractivity contribution in [1.82, 2.24) is 0 Å². The van der Waals surface area contributed by atoms with Crippen molar-refractivity contribution in [3.8, 4) is 0 Å². The van der Waals surface area contributed by atoms with Gasteiger partial charge in [-0.2, -0.15) is 0 Å². The third-order valence-corrected chi connectivity index (χ3v) is 11.6. The molecular weight excluding hydrogens is 841 g/mol. The van der Waals surface area contributed by atoms with E-state index < -0.39 is 12.1 Å². The second kappa shape index (κ2) is 55.7. The number of ether oxygens (including phenoxy) is 3. The SMILES string of the molecule is CC/C=C\C/C=C\C/C=C\C/C=C\C/C=C\CC(=O)OC(COC(=O)CCCCCCCCCCCC/C=C\C/C=C\C/C=C\C/C=C\CC)COC(=O)CCCCCCCCCCCCCC. The maximum absolute atomic E-state index is 12.8. The first-order chi connectivity index (χ1) is 33.5. The summed E-state index contributed by atoms with van der Waals surface area (Å²) in [5, 5.41) is 0. The van der Waals surface area contributed by atoms with Crippen molar-refractivity contribution in [3.63, 3.8) is 0 Å². The number of allylic oxidation sites excluding steroid dienone is 17. The minimum atomic E-state index is -0.833. The van der Waals surface area contributed by atoms with Crippen LogP contribution in [0.25, 0.3) is 0 Å². The molecule has 68 heavy (non-hydrogen) atoms. The average molecular weight is 943 g/mol. The van der Waals surface area contributed by atoms with Crippen molar-refractivity contribution in [2.75, 3.05) is 13.2 Å². The number of rotatable bonds is 49. The lowest BCUT2D eigenvalue weighted by molar-refractivity contribution is -0.166. The fourth-order valence-electron chi connectivity index (χ4n) is 7.45. The number of carbonyl (C=O) groups excluding carboxylic acids is 3. The highest BCUT2D eigenvalue weighted by molar-refractivity contribution is 5.72. The van der Waals surface area contributed by atoms with E-state index in [9.17, 15) is 14.4 Å². The van der Waals surface area contributed by atoms with Crippen molar-refractivity contribution in [2.45, 2.75) is 252 Å². The van der Waals surface area contributed by atoms with Gasteiger partial charge in [-0.15, -0.1) is 0 Å². The lowest BCUT2D eigenvalue weighted by Crippen LogP contribution is -2.30. The zero-order valence-corrected chi connectivity index (χ0v) is 44.1. The smallest absolute Gasteiger partial charge is 0.310 e. The highest BCUT2D eigenvalue weighted by Crippen LogP contribution is 2.15. The Hall–Kier alpha value is -3.93. The Labute approximate surface area is 419 Å². The molecule has 386 valence electrons. The van der Waals surface area contributed by atoms with Crippen LogP contribution in [0.4, 0.5) is 0 Å². The summed E-state index contributed by atoms with van der Waals surface area (Å²) >= 11 is 0. The highest BCUT2D eigenvalue weighted by atomic mass is 16.6. The van der Waals surface area contributed by atoms with E-state index in [1.807, 2.05) is 6.08 Å². The van der Waals surface area contributed by atoms with Gasteiger partial charge < -0.3 is 14.2 Å². The van der Waals surface area contributed by atoms with E-state index in [2.05, 4.69) is 118 Å². The van der Waals surface area contributed by atoms with Crippen molar-refractivity contribution in [1.29, 1.82) is 0 Å². The normalized spacial score (nSPS) is 12.9. The molecule has 0 bridgehead atoms. The zero-order valence-electron chi connectivity index (χ0n) is 44.1. The molecule has 0 aliphatic carbocycles. The van der Waals surface area contributed by atoms with Crippen molar-refractivity contribution in [2.24, 2.45) is 0 Å². The van der Waals surface area contributed by atoms with Gasteiger partial charge in [0.2, 0.25) is 0 Å². The molecule has 0 heterocycles. The summed E-state index contributed by atoms with van der Waals surface area (Å²) in [6.07, 6.45) is 75.3. The summed E-state index contributed by atoms with van der Waals surface area (Å²) in [4.78, 5) is 38.0. The van der Waals surface area contributed by atoms with Crippen LogP contribution in [-0.4, -0.2) is 37.2 Å².